The molecule has 0 aliphatic heterocycles. The van der Waals surface area contributed by atoms with E-state index >= 15 is 0 Å². The van der Waals surface area contributed by atoms with Gasteiger partial charge in [-0.05, 0) is 57.9 Å². The molecule has 22 heavy (non-hydrogen) atoms. The van der Waals surface area contributed by atoms with Crippen LogP contribution in [0.4, 0.5) is 0 Å². The van der Waals surface area contributed by atoms with Crippen molar-refractivity contribution in [3.8, 4) is 0 Å². The molecule has 1 saturated carbocycles. The zero-order valence-corrected chi connectivity index (χ0v) is 13.9. The molecular formula is C18H28N2O2. The van der Waals surface area contributed by atoms with Crippen LogP contribution in [0.3, 0.4) is 0 Å². The highest BCUT2D eigenvalue weighted by atomic mass is 16.3. The van der Waals surface area contributed by atoms with Crippen molar-refractivity contribution in [2.75, 3.05) is 0 Å². The number of hydrogen-bond donors (Lipinski definition) is 3. The van der Waals surface area contributed by atoms with Crippen LogP contribution in [-0.4, -0.2) is 20.9 Å². The number of nitrogens with one attached hydrogen (secondary N) is 1. The van der Waals surface area contributed by atoms with Gasteiger partial charge >= 0.3 is 0 Å². The van der Waals surface area contributed by atoms with E-state index in [-0.39, 0.29) is 0 Å². The maximum absolute atomic E-state index is 10.9. The fourth-order valence-electron chi connectivity index (χ4n) is 3.24. The standard InChI is InChI=1S/C18H28N2O2/c1-4-5-15(19)13-8-10-18(22,11-9-13)14-6-7-16(20-12-14)17(2,3)21/h6-7,12-13,19,21-22H,4-5,8-11H2,1-3H3. The zero-order valence-electron chi connectivity index (χ0n) is 13.9. The molecule has 0 aromatic carbocycles. The van der Waals surface area contributed by atoms with Crippen LogP contribution >= 0.6 is 0 Å². The Morgan fingerprint density at radius 1 is 1.36 bits per heavy atom. The minimum absolute atomic E-state index is 0.323. The van der Waals surface area contributed by atoms with Gasteiger partial charge in [-0.1, -0.05) is 19.4 Å². The van der Waals surface area contributed by atoms with Gasteiger partial charge in [0.1, 0.15) is 5.60 Å². The summed E-state index contributed by atoms with van der Waals surface area (Å²) in [6.45, 7) is 5.51. The lowest BCUT2D eigenvalue weighted by molar-refractivity contribution is -0.00772. The third kappa shape index (κ3) is 3.73. The Labute approximate surface area is 133 Å². The van der Waals surface area contributed by atoms with Crippen molar-refractivity contribution in [3.63, 3.8) is 0 Å². The molecule has 0 radical (unpaired) electrons. The fourth-order valence-corrected chi connectivity index (χ4v) is 3.24. The second-order valence-electron chi connectivity index (χ2n) is 7.07. The van der Waals surface area contributed by atoms with E-state index in [0.29, 0.717) is 24.5 Å². The summed E-state index contributed by atoms with van der Waals surface area (Å²) in [5.74, 6) is 0.323. The van der Waals surface area contributed by atoms with Gasteiger partial charge in [-0.3, -0.25) is 4.98 Å². The summed E-state index contributed by atoms with van der Waals surface area (Å²) in [6, 6.07) is 3.66. The molecular weight excluding hydrogens is 276 g/mol. The van der Waals surface area contributed by atoms with Crippen LogP contribution in [0.25, 0.3) is 0 Å². The van der Waals surface area contributed by atoms with Crippen LogP contribution in [0, 0.1) is 11.3 Å². The molecule has 0 amide bonds. The lowest BCUT2D eigenvalue weighted by atomic mass is 9.73. The molecule has 0 atom stereocenters. The Balaban J connectivity index is 2.05. The van der Waals surface area contributed by atoms with Crippen molar-refractivity contribution in [1.29, 1.82) is 5.41 Å². The lowest BCUT2D eigenvalue weighted by Gasteiger charge is -2.36. The van der Waals surface area contributed by atoms with E-state index < -0.39 is 11.2 Å². The molecule has 0 saturated heterocycles. The molecule has 0 unspecified atom stereocenters. The van der Waals surface area contributed by atoms with Crippen LogP contribution in [-0.2, 0) is 11.2 Å². The Kier molecular flexibility index (Phi) is 5.03. The molecule has 2 rings (SSSR count). The predicted octanol–water partition coefficient (Wildman–Crippen LogP) is 3.51. The lowest BCUT2D eigenvalue weighted by Crippen LogP contribution is -2.34. The third-order valence-electron chi connectivity index (χ3n) is 4.75. The van der Waals surface area contributed by atoms with Crippen molar-refractivity contribution in [3.05, 3.63) is 29.6 Å². The first-order valence-corrected chi connectivity index (χ1v) is 8.25. The maximum atomic E-state index is 10.9. The summed E-state index contributed by atoms with van der Waals surface area (Å²) in [7, 11) is 0. The van der Waals surface area contributed by atoms with Crippen LogP contribution < -0.4 is 0 Å². The molecule has 1 fully saturated rings. The Hall–Kier alpha value is -1.26. The quantitative estimate of drug-likeness (QED) is 0.729. The normalized spacial score (nSPS) is 26.0. The summed E-state index contributed by atoms with van der Waals surface area (Å²) < 4.78 is 0. The van der Waals surface area contributed by atoms with Gasteiger partial charge in [-0.25, -0.2) is 0 Å². The van der Waals surface area contributed by atoms with E-state index in [1.54, 1.807) is 26.1 Å². The Morgan fingerprint density at radius 3 is 2.45 bits per heavy atom. The van der Waals surface area contributed by atoms with Gasteiger partial charge in [-0.2, -0.15) is 0 Å². The number of rotatable bonds is 5. The average Bonchev–Trinajstić information content (AvgIpc) is 2.47. The number of aromatic nitrogens is 1. The van der Waals surface area contributed by atoms with Gasteiger partial charge < -0.3 is 15.6 Å². The van der Waals surface area contributed by atoms with Gasteiger partial charge in [-0.15, -0.1) is 0 Å². The van der Waals surface area contributed by atoms with Crippen LogP contribution in [0.5, 0.6) is 0 Å². The van der Waals surface area contributed by atoms with E-state index in [1.165, 1.54) is 0 Å². The first-order chi connectivity index (χ1) is 10.3. The van der Waals surface area contributed by atoms with Gasteiger partial charge in [0, 0.05) is 17.5 Å². The van der Waals surface area contributed by atoms with Gasteiger partial charge in [0.15, 0.2) is 0 Å². The van der Waals surface area contributed by atoms with E-state index in [0.717, 1.165) is 37.0 Å². The molecule has 3 N–H and O–H groups in total. The monoisotopic (exact) mass is 304 g/mol. The van der Waals surface area contributed by atoms with Gasteiger partial charge in [0.25, 0.3) is 0 Å². The molecule has 4 heteroatoms. The molecule has 0 spiro atoms. The Bertz CT molecular complexity index is 509. The minimum atomic E-state index is -0.964. The highest BCUT2D eigenvalue weighted by Gasteiger charge is 2.36. The highest BCUT2D eigenvalue weighted by Crippen LogP contribution is 2.40. The molecule has 1 aromatic heterocycles. The highest BCUT2D eigenvalue weighted by molar-refractivity contribution is 5.83. The molecule has 1 aromatic rings. The smallest absolute Gasteiger partial charge is 0.101 e. The number of pyridine rings is 1. The van der Waals surface area contributed by atoms with E-state index in [1.807, 2.05) is 6.07 Å². The number of nitrogens with zero attached hydrogens (tertiary/aromatic N) is 1. The second-order valence-corrected chi connectivity index (χ2v) is 7.07. The largest absolute Gasteiger partial charge is 0.385 e. The first kappa shape index (κ1) is 17.1. The molecule has 1 aliphatic rings. The molecule has 122 valence electrons. The summed E-state index contributed by atoms with van der Waals surface area (Å²) in [6.07, 6.45) is 6.64. The SMILES string of the molecule is CCCC(=N)C1CCC(O)(c2ccc(C(C)(C)O)nc2)CC1. The summed E-state index contributed by atoms with van der Waals surface area (Å²) >= 11 is 0. The van der Waals surface area contributed by atoms with E-state index in [9.17, 15) is 10.2 Å². The van der Waals surface area contributed by atoms with Crippen LogP contribution in [0.1, 0.15) is 70.6 Å². The summed E-state index contributed by atoms with van der Waals surface area (Å²) in [5.41, 5.74) is 0.460. The van der Waals surface area contributed by atoms with Crippen LogP contribution in [0.15, 0.2) is 18.3 Å². The minimum Gasteiger partial charge on any atom is -0.385 e. The molecule has 1 heterocycles. The zero-order chi connectivity index (χ0) is 16.4. The first-order valence-electron chi connectivity index (χ1n) is 8.25. The van der Waals surface area contributed by atoms with E-state index in [4.69, 9.17) is 5.41 Å². The third-order valence-corrected chi connectivity index (χ3v) is 4.75. The van der Waals surface area contributed by atoms with Gasteiger partial charge in [0.05, 0.1) is 11.3 Å². The maximum Gasteiger partial charge on any atom is 0.101 e. The molecule has 0 bridgehead atoms. The van der Waals surface area contributed by atoms with Crippen LogP contribution in [0.2, 0.25) is 0 Å². The van der Waals surface area contributed by atoms with Gasteiger partial charge in [0.2, 0.25) is 0 Å². The van der Waals surface area contributed by atoms with E-state index in [2.05, 4.69) is 11.9 Å². The topological polar surface area (TPSA) is 77.2 Å². The fraction of sp³-hybridized carbons (Fsp3) is 0.667. The average molecular weight is 304 g/mol. The van der Waals surface area contributed by atoms with Crippen molar-refractivity contribution >= 4 is 5.71 Å². The van der Waals surface area contributed by atoms with Crippen molar-refractivity contribution < 1.29 is 10.2 Å². The van der Waals surface area contributed by atoms with Crippen molar-refractivity contribution in [1.82, 2.24) is 4.98 Å². The summed E-state index contributed by atoms with van der Waals surface area (Å²) in [4.78, 5) is 4.30. The number of hydrogen-bond acceptors (Lipinski definition) is 4. The van der Waals surface area contributed by atoms with Crippen molar-refractivity contribution in [2.45, 2.75) is 70.5 Å². The van der Waals surface area contributed by atoms with Crippen molar-refractivity contribution in [2.24, 2.45) is 5.92 Å². The predicted molar refractivity (Wildman–Crippen MR) is 88.0 cm³/mol. The Morgan fingerprint density at radius 2 is 2.00 bits per heavy atom. The molecule has 1 aliphatic carbocycles. The summed E-state index contributed by atoms with van der Waals surface area (Å²) in [5, 5.41) is 28.9. The second kappa shape index (κ2) is 6.47. The molecule has 4 nitrogen and oxygen atoms in total. The number of aliphatic hydroxyl groups is 2.